The van der Waals surface area contributed by atoms with Gasteiger partial charge in [-0.15, -0.1) is 0 Å². The van der Waals surface area contributed by atoms with Crippen molar-refractivity contribution in [1.82, 2.24) is 25.0 Å². The van der Waals surface area contributed by atoms with Crippen LogP contribution in [0.5, 0.6) is 0 Å². The molecule has 0 spiro atoms. The maximum Gasteiger partial charge on any atom is 0.193 e. The first-order valence-electron chi connectivity index (χ1n) is 12.4. The number of piperazine rings is 2. The Morgan fingerprint density at radius 1 is 0.848 bits per heavy atom. The monoisotopic (exact) mass is 449 g/mol. The summed E-state index contributed by atoms with van der Waals surface area (Å²) in [5.41, 5.74) is 1.42. The molecule has 178 valence electrons. The molecule has 0 aliphatic carbocycles. The minimum absolute atomic E-state index is 0.976. The molecular weight excluding hydrogens is 410 g/mol. The van der Waals surface area contributed by atoms with Crippen molar-refractivity contribution in [3.63, 3.8) is 0 Å². The summed E-state index contributed by atoms with van der Waals surface area (Å²) in [5.74, 6) is 2.10. The van der Waals surface area contributed by atoms with Crippen LogP contribution in [0.3, 0.4) is 0 Å². The number of unbranched alkanes of at least 4 members (excludes halogenated alkanes) is 1. The van der Waals surface area contributed by atoms with Gasteiger partial charge in [0.2, 0.25) is 0 Å². The Morgan fingerprint density at radius 3 is 2.27 bits per heavy atom. The molecule has 0 atom stereocenters. The van der Waals surface area contributed by atoms with Crippen molar-refractivity contribution >= 4 is 11.8 Å². The third kappa shape index (κ3) is 7.17. The third-order valence-electron chi connectivity index (χ3n) is 6.66. The molecule has 0 bridgehead atoms. The summed E-state index contributed by atoms with van der Waals surface area (Å²) in [6.45, 7) is 11.9. The lowest BCUT2D eigenvalue weighted by Gasteiger charge is -2.37. The number of anilines is 1. The summed E-state index contributed by atoms with van der Waals surface area (Å²) >= 11 is 0. The molecule has 2 aromatic rings. The minimum atomic E-state index is 0.976. The van der Waals surface area contributed by atoms with Crippen molar-refractivity contribution in [2.45, 2.75) is 19.4 Å². The molecule has 7 nitrogen and oxygen atoms in total. The minimum Gasteiger partial charge on any atom is -0.356 e. The van der Waals surface area contributed by atoms with Crippen molar-refractivity contribution in [2.24, 2.45) is 4.99 Å². The lowest BCUT2D eigenvalue weighted by atomic mass is 10.2. The summed E-state index contributed by atoms with van der Waals surface area (Å²) in [6, 6.07) is 16.9. The largest absolute Gasteiger partial charge is 0.356 e. The molecule has 2 aliphatic heterocycles. The lowest BCUT2D eigenvalue weighted by molar-refractivity contribution is 0.126. The van der Waals surface area contributed by atoms with E-state index < -0.39 is 0 Å². The van der Waals surface area contributed by atoms with Gasteiger partial charge in [-0.2, -0.15) is 0 Å². The fourth-order valence-electron chi connectivity index (χ4n) is 4.69. The standard InChI is InChI=1S/C26H39N7/c1-27-26(33-21-19-32(20-22-33)25-11-5-6-12-28-25)29-13-7-8-14-30-15-17-31(18-16-30)23-24-9-3-2-4-10-24/h2-6,9-12H,7-8,13-23H2,1H3,(H,27,29). The van der Waals surface area contributed by atoms with Crippen molar-refractivity contribution < 1.29 is 0 Å². The first-order valence-corrected chi connectivity index (χ1v) is 12.4. The van der Waals surface area contributed by atoms with E-state index in [9.17, 15) is 0 Å². The van der Waals surface area contributed by atoms with E-state index in [4.69, 9.17) is 0 Å². The molecule has 7 heteroatoms. The van der Waals surface area contributed by atoms with E-state index in [0.29, 0.717) is 0 Å². The van der Waals surface area contributed by atoms with Crippen LogP contribution in [-0.2, 0) is 6.54 Å². The average Bonchev–Trinajstić information content (AvgIpc) is 2.88. The zero-order chi connectivity index (χ0) is 22.7. The first-order chi connectivity index (χ1) is 16.3. The molecule has 1 N–H and O–H groups in total. The fraction of sp³-hybridized carbons (Fsp3) is 0.538. The van der Waals surface area contributed by atoms with Crippen molar-refractivity contribution in [3.8, 4) is 0 Å². The van der Waals surface area contributed by atoms with E-state index in [1.54, 1.807) is 0 Å². The number of pyridine rings is 1. The highest BCUT2D eigenvalue weighted by atomic mass is 15.4. The van der Waals surface area contributed by atoms with Crippen LogP contribution >= 0.6 is 0 Å². The molecule has 1 aromatic carbocycles. The Morgan fingerprint density at radius 2 is 1.58 bits per heavy atom. The topological polar surface area (TPSA) is 50.2 Å². The zero-order valence-corrected chi connectivity index (χ0v) is 20.1. The van der Waals surface area contributed by atoms with Gasteiger partial charge in [0.15, 0.2) is 5.96 Å². The number of nitrogens with one attached hydrogen (secondary N) is 1. The summed E-state index contributed by atoms with van der Waals surface area (Å²) in [4.78, 5) is 18.9. The molecule has 2 aliphatic rings. The van der Waals surface area contributed by atoms with Crippen LogP contribution in [-0.4, -0.2) is 98.1 Å². The summed E-state index contributed by atoms with van der Waals surface area (Å²) in [5, 5.41) is 3.58. The van der Waals surface area contributed by atoms with Gasteiger partial charge in [-0.1, -0.05) is 36.4 Å². The maximum absolute atomic E-state index is 4.52. The van der Waals surface area contributed by atoms with E-state index >= 15 is 0 Å². The third-order valence-corrected chi connectivity index (χ3v) is 6.66. The molecule has 1 aromatic heterocycles. The quantitative estimate of drug-likeness (QED) is 0.379. The second-order valence-corrected chi connectivity index (χ2v) is 8.95. The van der Waals surface area contributed by atoms with E-state index in [0.717, 1.165) is 51.0 Å². The highest BCUT2D eigenvalue weighted by Crippen LogP contribution is 2.13. The van der Waals surface area contributed by atoms with E-state index in [1.165, 1.54) is 51.1 Å². The van der Waals surface area contributed by atoms with Crippen LogP contribution in [0, 0.1) is 0 Å². The van der Waals surface area contributed by atoms with Gasteiger partial charge in [0, 0.05) is 78.7 Å². The van der Waals surface area contributed by atoms with E-state index in [1.807, 2.05) is 19.3 Å². The van der Waals surface area contributed by atoms with Crippen LogP contribution in [0.4, 0.5) is 5.82 Å². The summed E-state index contributed by atoms with van der Waals surface area (Å²) < 4.78 is 0. The van der Waals surface area contributed by atoms with Gasteiger partial charge in [-0.3, -0.25) is 9.89 Å². The highest BCUT2D eigenvalue weighted by molar-refractivity contribution is 5.80. The van der Waals surface area contributed by atoms with Gasteiger partial charge in [-0.25, -0.2) is 4.98 Å². The number of aliphatic imine (C=N–C) groups is 1. The molecule has 0 radical (unpaired) electrons. The van der Waals surface area contributed by atoms with Gasteiger partial charge in [-0.05, 0) is 37.1 Å². The molecular formula is C26H39N7. The number of hydrogen-bond donors (Lipinski definition) is 1. The lowest BCUT2D eigenvalue weighted by Crippen LogP contribution is -2.52. The molecule has 33 heavy (non-hydrogen) atoms. The summed E-state index contributed by atoms with van der Waals surface area (Å²) in [7, 11) is 1.89. The highest BCUT2D eigenvalue weighted by Gasteiger charge is 2.20. The van der Waals surface area contributed by atoms with Crippen LogP contribution < -0.4 is 10.2 Å². The second-order valence-electron chi connectivity index (χ2n) is 8.95. The Bertz CT molecular complexity index is 826. The van der Waals surface area contributed by atoms with E-state index in [2.05, 4.69) is 77.4 Å². The number of aromatic nitrogens is 1. The fourth-order valence-corrected chi connectivity index (χ4v) is 4.69. The van der Waals surface area contributed by atoms with Crippen LogP contribution in [0.15, 0.2) is 59.7 Å². The van der Waals surface area contributed by atoms with Gasteiger partial charge < -0.3 is 20.0 Å². The number of hydrogen-bond acceptors (Lipinski definition) is 5. The number of guanidine groups is 1. The van der Waals surface area contributed by atoms with Crippen LogP contribution in [0.25, 0.3) is 0 Å². The smallest absolute Gasteiger partial charge is 0.193 e. The molecule has 3 heterocycles. The predicted molar refractivity (Wildman–Crippen MR) is 137 cm³/mol. The molecule has 0 unspecified atom stereocenters. The number of nitrogens with zero attached hydrogens (tertiary/aromatic N) is 6. The SMILES string of the molecule is CN=C(NCCCCN1CCN(Cc2ccccc2)CC1)N1CCN(c2ccccn2)CC1. The van der Waals surface area contributed by atoms with Gasteiger partial charge in [0.25, 0.3) is 0 Å². The van der Waals surface area contributed by atoms with Gasteiger partial charge >= 0.3 is 0 Å². The van der Waals surface area contributed by atoms with Crippen molar-refractivity contribution in [1.29, 1.82) is 0 Å². The van der Waals surface area contributed by atoms with Crippen molar-refractivity contribution in [2.75, 3.05) is 77.4 Å². The predicted octanol–water partition coefficient (Wildman–Crippen LogP) is 2.38. The molecule has 0 amide bonds. The Balaban J connectivity index is 1.07. The summed E-state index contributed by atoms with van der Waals surface area (Å²) in [6.07, 6.45) is 4.28. The Kier molecular flexibility index (Phi) is 8.95. The maximum atomic E-state index is 4.52. The first kappa shape index (κ1) is 23.5. The Labute approximate surface area is 199 Å². The van der Waals surface area contributed by atoms with Crippen LogP contribution in [0.1, 0.15) is 18.4 Å². The molecule has 2 fully saturated rings. The van der Waals surface area contributed by atoms with Crippen molar-refractivity contribution in [3.05, 3.63) is 60.3 Å². The van der Waals surface area contributed by atoms with E-state index in [-0.39, 0.29) is 0 Å². The Hall–Kier alpha value is -2.64. The number of rotatable bonds is 8. The van der Waals surface area contributed by atoms with Gasteiger partial charge in [0.05, 0.1) is 0 Å². The zero-order valence-electron chi connectivity index (χ0n) is 20.1. The average molecular weight is 450 g/mol. The molecule has 2 saturated heterocycles. The normalized spacial score (nSPS) is 18.5. The van der Waals surface area contributed by atoms with Gasteiger partial charge in [0.1, 0.15) is 5.82 Å². The second kappa shape index (κ2) is 12.6. The number of benzene rings is 1. The molecule has 4 rings (SSSR count). The molecule has 0 saturated carbocycles. The van der Waals surface area contributed by atoms with Crippen LogP contribution in [0.2, 0.25) is 0 Å².